The van der Waals surface area contributed by atoms with Crippen LogP contribution >= 0.6 is 0 Å². The van der Waals surface area contributed by atoms with Gasteiger partial charge in [-0.2, -0.15) is 0 Å². The van der Waals surface area contributed by atoms with Crippen LogP contribution in [0.1, 0.15) is 52.5 Å². The summed E-state index contributed by atoms with van der Waals surface area (Å²) in [4.78, 5) is 26.8. The normalized spacial score (nSPS) is 13.8. The van der Waals surface area contributed by atoms with Gasteiger partial charge >= 0.3 is 0 Å². The summed E-state index contributed by atoms with van der Waals surface area (Å²) in [5, 5.41) is 0. The number of hydrogen-bond donors (Lipinski definition) is 0. The van der Waals surface area contributed by atoms with Crippen molar-refractivity contribution in [3.8, 4) is 5.75 Å². The molecule has 3 rings (SSSR count). The molecular formula is C20H21NO3. The van der Waals surface area contributed by atoms with E-state index in [-0.39, 0.29) is 11.7 Å². The maximum Gasteiger partial charge on any atom is 0.258 e. The molecule has 1 amide bonds. The first kappa shape index (κ1) is 16.2. The highest BCUT2D eigenvalue weighted by molar-refractivity contribution is 6.13. The van der Waals surface area contributed by atoms with Gasteiger partial charge in [-0.05, 0) is 41.8 Å². The van der Waals surface area contributed by atoms with Gasteiger partial charge in [-0.15, -0.1) is 0 Å². The highest BCUT2D eigenvalue weighted by atomic mass is 16.5. The maximum atomic E-state index is 12.9. The zero-order valence-corrected chi connectivity index (χ0v) is 14.2. The Labute approximate surface area is 142 Å². The third kappa shape index (κ3) is 2.92. The zero-order valence-electron chi connectivity index (χ0n) is 14.2. The van der Waals surface area contributed by atoms with Gasteiger partial charge in [0.15, 0.2) is 5.78 Å². The largest absolute Gasteiger partial charge is 0.497 e. The molecule has 0 saturated heterocycles. The molecule has 0 bridgehead atoms. The molecule has 0 radical (unpaired) electrons. The second-order valence-corrected chi connectivity index (χ2v) is 6.29. The molecule has 0 unspecified atom stereocenters. The van der Waals surface area contributed by atoms with E-state index in [0.29, 0.717) is 41.4 Å². The third-order valence-corrected chi connectivity index (χ3v) is 4.43. The van der Waals surface area contributed by atoms with Crippen LogP contribution in [0, 0.1) is 0 Å². The Morgan fingerprint density at radius 2 is 1.83 bits per heavy atom. The van der Waals surface area contributed by atoms with E-state index in [9.17, 15) is 9.59 Å². The fourth-order valence-electron chi connectivity index (χ4n) is 2.95. The summed E-state index contributed by atoms with van der Waals surface area (Å²) in [6.45, 7) is 4.65. The number of carbonyl (C=O) groups is 2. The molecule has 0 aliphatic carbocycles. The van der Waals surface area contributed by atoms with Crippen molar-refractivity contribution < 1.29 is 14.3 Å². The fraction of sp³-hybridized carbons (Fsp3) is 0.300. The summed E-state index contributed by atoms with van der Waals surface area (Å²) in [6, 6.07) is 13.0. The number of benzene rings is 2. The Bertz CT molecular complexity index is 778. The lowest BCUT2D eigenvalue weighted by atomic mass is 9.98. The highest BCUT2D eigenvalue weighted by Gasteiger charge is 2.28. The molecule has 24 heavy (non-hydrogen) atoms. The van der Waals surface area contributed by atoms with Crippen LogP contribution in [0.25, 0.3) is 0 Å². The predicted molar refractivity (Wildman–Crippen MR) is 94.1 cm³/mol. The van der Waals surface area contributed by atoms with Gasteiger partial charge < -0.3 is 9.64 Å². The molecule has 1 aliphatic heterocycles. The Morgan fingerprint density at radius 1 is 1.12 bits per heavy atom. The number of Topliss-reactive ketones (excluding diaryl/α,β-unsaturated/α-hetero) is 1. The minimum atomic E-state index is -0.0794. The molecule has 2 aromatic carbocycles. The number of ether oxygens (including phenoxy) is 1. The van der Waals surface area contributed by atoms with Gasteiger partial charge in [-0.3, -0.25) is 9.59 Å². The fourth-order valence-corrected chi connectivity index (χ4v) is 2.95. The molecule has 1 aliphatic rings. The topological polar surface area (TPSA) is 46.6 Å². The predicted octanol–water partition coefficient (Wildman–Crippen LogP) is 4.05. The monoisotopic (exact) mass is 323 g/mol. The van der Waals surface area contributed by atoms with Crippen molar-refractivity contribution in [3.05, 3.63) is 59.2 Å². The Balaban J connectivity index is 1.94. The summed E-state index contributed by atoms with van der Waals surface area (Å²) in [5.41, 5.74) is 3.04. The van der Waals surface area contributed by atoms with Crippen LogP contribution < -0.4 is 9.64 Å². The number of fused-ring (bicyclic) bond motifs is 1. The molecule has 4 nitrogen and oxygen atoms in total. The molecule has 0 N–H and O–H groups in total. The van der Waals surface area contributed by atoms with E-state index in [4.69, 9.17) is 4.74 Å². The molecular weight excluding hydrogens is 302 g/mol. The van der Waals surface area contributed by atoms with E-state index >= 15 is 0 Å². The van der Waals surface area contributed by atoms with Crippen molar-refractivity contribution in [1.29, 1.82) is 0 Å². The number of amides is 1. The first-order valence-corrected chi connectivity index (χ1v) is 8.14. The first-order chi connectivity index (χ1) is 11.5. The van der Waals surface area contributed by atoms with Crippen LogP contribution in [0.5, 0.6) is 5.75 Å². The Hall–Kier alpha value is -2.62. The van der Waals surface area contributed by atoms with Crippen molar-refractivity contribution in [3.63, 3.8) is 0 Å². The van der Waals surface area contributed by atoms with E-state index < -0.39 is 0 Å². The van der Waals surface area contributed by atoms with E-state index in [1.165, 1.54) is 5.56 Å². The number of methoxy groups -OCH3 is 1. The van der Waals surface area contributed by atoms with Gasteiger partial charge in [0.2, 0.25) is 0 Å². The first-order valence-electron chi connectivity index (χ1n) is 8.14. The summed E-state index contributed by atoms with van der Waals surface area (Å²) in [5.74, 6) is 1.01. The average Bonchev–Trinajstić information content (AvgIpc) is 2.61. The molecule has 0 fully saturated rings. The number of nitrogens with zero attached hydrogens (tertiary/aromatic N) is 1. The molecule has 4 heteroatoms. The SMILES string of the molecule is COc1ccc2c(c1)C(=O)CCN2C(=O)c1ccc(C(C)C)cc1. The van der Waals surface area contributed by atoms with Crippen molar-refractivity contribution in [2.75, 3.05) is 18.6 Å². The van der Waals surface area contributed by atoms with Crippen molar-refractivity contribution in [2.24, 2.45) is 0 Å². The molecule has 124 valence electrons. The van der Waals surface area contributed by atoms with Crippen LogP contribution in [0.3, 0.4) is 0 Å². The third-order valence-electron chi connectivity index (χ3n) is 4.43. The lowest BCUT2D eigenvalue weighted by Gasteiger charge is -2.29. The summed E-state index contributed by atoms with van der Waals surface area (Å²) in [7, 11) is 1.56. The zero-order chi connectivity index (χ0) is 17.3. The summed E-state index contributed by atoms with van der Waals surface area (Å²) >= 11 is 0. The molecule has 2 aromatic rings. The van der Waals surface area contributed by atoms with Gasteiger partial charge in [-0.25, -0.2) is 0 Å². The standard InChI is InChI=1S/C20H21NO3/c1-13(2)14-4-6-15(7-5-14)20(23)21-11-10-19(22)17-12-16(24-3)8-9-18(17)21/h4-9,12-13H,10-11H2,1-3H3. The summed E-state index contributed by atoms with van der Waals surface area (Å²) in [6.07, 6.45) is 0.329. The summed E-state index contributed by atoms with van der Waals surface area (Å²) < 4.78 is 5.19. The van der Waals surface area contributed by atoms with E-state index in [1.54, 1.807) is 30.2 Å². The van der Waals surface area contributed by atoms with Crippen molar-refractivity contribution >= 4 is 17.4 Å². The average molecular weight is 323 g/mol. The minimum Gasteiger partial charge on any atom is -0.497 e. The lowest BCUT2D eigenvalue weighted by molar-refractivity contribution is 0.0955. The van der Waals surface area contributed by atoms with Gasteiger partial charge in [0.25, 0.3) is 5.91 Å². The van der Waals surface area contributed by atoms with Crippen molar-refractivity contribution in [1.82, 2.24) is 0 Å². The Morgan fingerprint density at radius 3 is 2.46 bits per heavy atom. The number of hydrogen-bond acceptors (Lipinski definition) is 3. The lowest BCUT2D eigenvalue weighted by Crippen LogP contribution is -2.37. The van der Waals surface area contributed by atoms with Gasteiger partial charge in [-0.1, -0.05) is 26.0 Å². The molecule has 1 heterocycles. The molecule has 0 atom stereocenters. The second-order valence-electron chi connectivity index (χ2n) is 6.29. The van der Waals surface area contributed by atoms with Crippen LogP contribution in [-0.4, -0.2) is 25.3 Å². The number of rotatable bonds is 3. The van der Waals surface area contributed by atoms with Gasteiger partial charge in [0.05, 0.1) is 12.8 Å². The van der Waals surface area contributed by atoms with Crippen molar-refractivity contribution in [2.45, 2.75) is 26.2 Å². The maximum absolute atomic E-state index is 12.9. The number of anilines is 1. The van der Waals surface area contributed by atoms with Crippen LogP contribution in [0.4, 0.5) is 5.69 Å². The Kier molecular flexibility index (Phi) is 4.38. The smallest absolute Gasteiger partial charge is 0.258 e. The van der Waals surface area contributed by atoms with Gasteiger partial charge in [0, 0.05) is 24.1 Å². The van der Waals surface area contributed by atoms with Crippen LogP contribution in [0.2, 0.25) is 0 Å². The molecule has 0 spiro atoms. The van der Waals surface area contributed by atoms with E-state index in [0.717, 1.165) is 0 Å². The van der Waals surface area contributed by atoms with Gasteiger partial charge in [0.1, 0.15) is 5.75 Å². The highest BCUT2D eigenvalue weighted by Crippen LogP contribution is 2.31. The minimum absolute atomic E-state index is 0.0445. The molecule has 0 saturated carbocycles. The quantitative estimate of drug-likeness (QED) is 0.856. The van der Waals surface area contributed by atoms with E-state index in [1.807, 2.05) is 24.3 Å². The van der Waals surface area contributed by atoms with Crippen LogP contribution in [-0.2, 0) is 0 Å². The second kappa shape index (κ2) is 6.48. The van der Waals surface area contributed by atoms with Crippen LogP contribution in [0.15, 0.2) is 42.5 Å². The number of ketones is 1. The van der Waals surface area contributed by atoms with E-state index in [2.05, 4.69) is 13.8 Å². The molecule has 0 aromatic heterocycles. The number of carbonyl (C=O) groups excluding carboxylic acids is 2.